The molecule has 1 N–H and O–H groups in total. The molecule has 2 heterocycles. The highest BCUT2D eigenvalue weighted by molar-refractivity contribution is 9.10. The summed E-state index contributed by atoms with van der Waals surface area (Å²) in [6, 6.07) is 19.4. The van der Waals surface area contributed by atoms with Crippen molar-refractivity contribution in [2.24, 2.45) is 0 Å². The van der Waals surface area contributed by atoms with Gasteiger partial charge in [0.1, 0.15) is 0 Å². The van der Waals surface area contributed by atoms with E-state index in [9.17, 15) is 4.79 Å². The molecular formula is C19H14BrN3OS. The van der Waals surface area contributed by atoms with E-state index in [1.54, 1.807) is 22.1 Å². The molecule has 0 atom stereocenters. The molecule has 2 aromatic heterocycles. The molecule has 4 nitrogen and oxygen atoms in total. The number of para-hydroxylation sites is 1. The van der Waals surface area contributed by atoms with Crippen molar-refractivity contribution in [2.75, 3.05) is 5.43 Å². The summed E-state index contributed by atoms with van der Waals surface area (Å²) in [5, 5.41) is 2.58. The van der Waals surface area contributed by atoms with Gasteiger partial charge < -0.3 is 5.43 Å². The first kappa shape index (κ1) is 16.1. The quantitative estimate of drug-likeness (QED) is 0.532. The lowest BCUT2D eigenvalue weighted by atomic mass is 10.2. The average Bonchev–Trinajstić information content (AvgIpc) is 3.17. The van der Waals surface area contributed by atoms with Crippen LogP contribution in [0.1, 0.15) is 5.56 Å². The normalized spacial score (nSPS) is 10.9. The molecule has 0 aliphatic heterocycles. The minimum Gasteiger partial charge on any atom is -0.317 e. The van der Waals surface area contributed by atoms with Gasteiger partial charge in [-0.15, -0.1) is 11.3 Å². The zero-order chi connectivity index (χ0) is 17.2. The summed E-state index contributed by atoms with van der Waals surface area (Å²) >= 11 is 5.00. The van der Waals surface area contributed by atoms with E-state index in [0.717, 1.165) is 14.9 Å². The van der Waals surface area contributed by atoms with Gasteiger partial charge in [-0.1, -0.05) is 46.3 Å². The SMILES string of the molecule is O=c1c2ccccc2nc(-c2cccs2)n1NCc1ccc(Br)cc1. The first-order valence-electron chi connectivity index (χ1n) is 7.76. The van der Waals surface area contributed by atoms with Crippen molar-refractivity contribution in [3.05, 3.63) is 86.4 Å². The van der Waals surface area contributed by atoms with Crippen LogP contribution in [0.4, 0.5) is 0 Å². The van der Waals surface area contributed by atoms with Gasteiger partial charge in [0.25, 0.3) is 5.56 Å². The molecule has 0 fully saturated rings. The highest BCUT2D eigenvalue weighted by Crippen LogP contribution is 2.23. The van der Waals surface area contributed by atoms with Crippen LogP contribution in [0.25, 0.3) is 21.6 Å². The fourth-order valence-corrected chi connectivity index (χ4v) is 3.59. The first-order chi connectivity index (χ1) is 12.2. The third kappa shape index (κ3) is 3.23. The molecule has 0 spiro atoms. The molecule has 4 rings (SSSR count). The molecule has 2 aromatic carbocycles. The second-order valence-corrected chi connectivity index (χ2v) is 7.40. The largest absolute Gasteiger partial charge is 0.317 e. The van der Waals surface area contributed by atoms with Crippen molar-refractivity contribution in [2.45, 2.75) is 6.54 Å². The second-order valence-electron chi connectivity index (χ2n) is 5.53. The summed E-state index contributed by atoms with van der Waals surface area (Å²) in [5.41, 5.74) is 4.93. The number of aromatic nitrogens is 2. The molecule has 0 aliphatic carbocycles. The summed E-state index contributed by atoms with van der Waals surface area (Å²) in [4.78, 5) is 18.6. The molecule has 0 amide bonds. The van der Waals surface area contributed by atoms with Gasteiger partial charge in [0.15, 0.2) is 5.82 Å². The Morgan fingerprint density at radius 3 is 2.60 bits per heavy atom. The van der Waals surface area contributed by atoms with Crippen LogP contribution < -0.4 is 11.0 Å². The smallest absolute Gasteiger partial charge is 0.280 e. The van der Waals surface area contributed by atoms with Crippen LogP contribution in [0.15, 0.2) is 75.3 Å². The Balaban J connectivity index is 1.80. The van der Waals surface area contributed by atoms with E-state index >= 15 is 0 Å². The monoisotopic (exact) mass is 411 g/mol. The minimum absolute atomic E-state index is 0.0916. The van der Waals surface area contributed by atoms with Crippen molar-refractivity contribution in [3.8, 4) is 10.7 Å². The van der Waals surface area contributed by atoms with Gasteiger partial charge in [-0.05, 0) is 41.3 Å². The Morgan fingerprint density at radius 1 is 1.04 bits per heavy atom. The molecule has 0 radical (unpaired) electrons. The fraction of sp³-hybridized carbons (Fsp3) is 0.0526. The van der Waals surface area contributed by atoms with Crippen LogP contribution in [0, 0.1) is 0 Å². The molecule has 0 bridgehead atoms. The third-order valence-electron chi connectivity index (χ3n) is 3.87. The summed E-state index contributed by atoms with van der Waals surface area (Å²) in [6.45, 7) is 0.533. The first-order valence-corrected chi connectivity index (χ1v) is 9.43. The van der Waals surface area contributed by atoms with E-state index < -0.39 is 0 Å². The van der Waals surface area contributed by atoms with Gasteiger partial charge in [0.05, 0.1) is 22.3 Å². The lowest BCUT2D eigenvalue weighted by molar-refractivity contribution is 0.803. The van der Waals surface area contributed by atoms with Crippen LogP contribution in [-0.2, 0) is 6.54 Å². The van der Waals surface area contributed by atoms with Crippen LogP contribution in [0.2, 0.25) is 0 Å². The number of halogens is 1. The minimum atomic E-state index is -0.0916. The van der Waals surface area contributed by atoms with Crippen LogP contribution in [-0.4, -0.2) is 9.66 Å². The van der Waals surface area contributed by atoms with Crippen LogP contribution in [0.3, 0.4) is 0 Å². The number of nitrogens with one attached hydrogen (secondary N) is 1. The average molecular weight is 412 g/mol. The Kier molecular flexibility index (Phi) is 4.38. The molecule has 0 saturated heterocycles. The maximum absolute atomic E-state index is 13.0. The molecule has 0 aliphatic rings. The topological polar surface area (TPSA) is 46.9 Å². The van der Waals surface area contributed by atoms with Crippen molar-refractivity contribution in [1.29, 1.82) is 0 Å². The molecular weight excluding hydrogens is 398 g/mol. The predicted molar refractivity (Wildman–Crippen MR) is 107 cm³/mol. The number of rotatable bonds is 4. The number of hydrogen-bond acceptors (Lipinski definition) is 4. The predicted octanol–water partition coefficient (Wildman–Crippen LogP) is 4.63. The number of hydrogen-bond donors (Lipinski definition) is 1. The fourth-order valence-electron chi connectivity index (χ4n) is 2.62. The van der Waals surface area contributed by atoms with E-state index in [-0.39, 0.29) is 5.56 Å². The van der Waals surface area contributed by atoms with E-state index in [1.807, 2.05) is 60.0 Å². The molecule has 4 aromatic rings. The van der Waals surface area contributed by atoms with E-state index in [0.29, 0.717) is 23.3 Å². The van der Waals surface area contributed by atoms with Crippen molar-refractivity contribution in [1.82, 2.24) is 9.66 Å². The number of thiophene rings is 1. The van der Waals surface area contributed by atoms with Gasteiger partial charge in [-0.2, -0.15) is 0 Å². The van der Waals surface area contributed by atoms with Gasteiger partial charge in [0.2, 0.25) is 0 Å². The third-order valence-corrected chi connectivity index (χ3v) is 5.27. The summed E-state index contributed by atoms with van der Waals surface area (Å²) in [7, 11) is 0. The Morgan fingerprint density at radius 2 is 1.84 bits per heavy atom. The van der Waals surface area contributed by atoms with Crippen molar-refractivity contribution < 1.29 is 0 Å². The maximum atomic E-state index is 13.0. The standard InChI is InChI=1S/C19H14BrN3OS/c20-14-9-7-13(8-10-14)12-21-23-18(17-6-3-11-25-17)22-16-5-2-1-4-15(16)19(23)24/h1-11,21H,12H2. The van der Waals surface area contributed by atoms with E-state index in [2.05, 4.69) is 21.4 Å². The van der Waals surface area contributed by atoms with E-state index in [1.165, 1.54) is 0 Å². The zero-order valence-corrected chi connectivity index (χ0v) is 15.5. The van der Waals surface area contributed by atoms with Gasteiger partial charge in [0, 0.05) is 4.47 Å². The van der Waals surface area contributed by atoms with Gasteiger partial charge >= 0.3 is 0 Å². The summed E-state index contributed by atoms with van der Waals surface area (Å²) in [5.74, 6) is 0.635. The maximum Gasteiger partial charge on any atom is 0.280 e. The number of fused-ring (bicyclic) bond motifs is 1. The highest BCUT2D eigenvalue weighted by Gasteiger charge is 2.13. The summed E-state index contributed by atoms with van der Waals surface area (Å²) < 4.78 is 2.58. The van der Waals surface area contributed by atoms with Crippen LogP contribution in [0.5, 0.6) is 0 Å². The number of nitrogens with zero attached hydrogens (tertiary/aromatic N) is 2. The van der Waals surface area contributed by atoms with Crippen molar-refractivity contribution >= 4 is 38.2 Å². The molecule has 25 heavy (non-hydrogen) atoms. The lowest BCUT2D eigenvalue weighted by Gasteiger charge is -2.14. The lowest BCUT2D eigenvalue weighted by Crippen LogP contribution is -2.31. The Bertz CT molecular complexity index is 1070. The molecule has 124 valence electrons. The summed E-state index contributed by atoms with van der Waals surface area (Å²) in [6.07, 6.45) is 0. The van der Waals surface area contributed by atoms with Gasteiger partial charge in [-0.25, -0.2) is 9.66 Å². The van der Waals surface area contributed by atoms with Gasteiger partial charge in [-0.3, -0.25) is 4.79 Å². The molecule has 6 heteroatoms. The van der Waals surface area contributed by atoms with E-state index in [4.69, 9.17) is 4.98 Å². The molecule has 0 unspecified atom stereocenters. The molecule has 0 saturated carbocycles. The Labute approximate surface area is 156 Å². The Hall–Kier alpha value is -2.44. The zero-order valence-electron chi connectivity index (χ0n) is 13.1. The number of benzene rings is 2. The van der Waals surface area contributed by atoms with Crippen LogP contribution >= 0.6 is 27.3 Å². The van der Waals surface area contributed by atoms with Crippen molar-refractivity contribution in [3.63, 3.8) is 0 Å². The second kappa shape index (κ2) is 6.82. The highest BCUT2D eigenvalue weighted by atomic mass is 79.9.